The molecule has 0 aliphatic rings. The number of carbonyl (C=O) groups is 4. The molecule has 0 saturated carbocycles. The molecule has 2 amide bonds. The summed E-state index contributed by atoms with van der Waals surface area (Å²) in [6.07, 6.45) is 0. The molecular weight excluding hydrogens is 1050 g/mol. The zero-order valence-electron chi connectivity index (χ0n) is 49.6. The van der Waals surface area contributed by atoms with Gasteiger partial charge in [0.15, 0.2) is 0 Å². The molecule has 8 aromatic carbocycles. The molecule has 12 heteroatoms. The molecule has 0 aliphatic carbocycles. The number of carboxylic acids is 1. The Morgan fingerprint density at radius 3 is 1.26 bits per heavy atom. The van der Waals surface area contributed by atoms with E-state index in [0.717, 1.165) is 94.8 Å². The highest BCUT2D eigenvalue weighted by molar-refractivity contribution is 6.01. The van der Waals surface area contributed by atoms with Crippen LogP contribution in [0.4, 0.5) is 0 Å². The van der Waals surface area contributed by atoms with Gasteiger partial charge in [-0.25, -0.2) is 9.59 Å². The summed E-state index contributed by atoms with van der Waals surface area (Å²) in [5, 5.41) is 17.9. The van der Waals surface area contributed by atoms with Gasteiger partial charge in [0.05, 0.1) is 37.4 Å². The average Bonchev–Trinajstić information content (AvgIpc) is 2.88. The molecule has 10 rings (SSSR count). The van der Waals surface area contributed by atoms with E-state index in [1.807, 2.05) is 180 Å². The number of aromatic carboxylic acids is 1. The molecule has 2 heterocycles. The van der Waals surface area contributed by atoms with Crippen LogP contribution in [0.3, 0.4) is 0 Å². The minimum Gasteiger partial charge on any atom is -0.497 e. The van der Waals surface area contributed by atoms with Crippen molar-refractivity contribution >= 4 is 45.6 Å². The lowest BCUT2D eigenvalue weighted by atomic mass is 9.98. The number of hydrogen-bond acceptors (Lipinski definition) is 7. The number of carbonyl (C=O) groups excluding carboxylic acids is 3. The van der Waals surface area contributed by atoms with Gasteiger partial charge in [0.2, 0.25) is 0 Å². The summed E-state index contributed by atoms with van der Waals surface area (Å²) < 4.78 is 20.7. The van der Waals surface area contributed by atoms with Gasteiger partial charge < -0.3 is 39.1 Å². The lowest BCUT2D eigenvalue weighted by Gasteiger charge is -2.20. The topological polar surface area (TPSA) is 150 Å². The number of carboxylic acid groups (broad SMARTS) is 1. The lowest BCUT2D eigenvalue weighted by Crippen LogP contribution is -2.26. The van der Waals surface area contributed by atoms with Crippen molar-refractivity contribution in [2.24, 2.45) is 0 Å². The number of rotatable bonds is 16. The van der Waals surface area contributed by atoms with E-state index in [4.69, 9.17) is 14.2 Å². The molecule has 0 radical (unpaired) electrons. The molecule has 0 saturated heterocycles. The van der Waals surface area contributed by atoms with E-state index < -0.39 is 11.6 Å². The zero-order chi connectivity index (χ0) is 60.0. The van der Waals surface area contributed by atoms with Crippen molar-refractivity contribution in [2.75, 3.05) is 14.2 Å². The Morgan fingerprint density at radius 1 is 0.500 bits per heavy atom. The fraction of sp³-hybridized carbons (Fsp3) is 0.222. The molecular formula is C72H72N4O8. The van der Waals surface area contributed by atoms with Crippen molar-refractivity contribution in [3.8, 4) is 33.8 Å². The number of fused-ring (bicyclic) bond motifs is 2. The Bertz CT molecular complexity index is 4040. The molecule has 0 unspecified atom stereocenters. The standard InChI is InChI=1S/C38H40N2O4.C34H32N2O4/c1-24-26(3)40(23-27-12-14-29(15-13-27)32-10-8-9-11-33(32)37(42)44-38(4,5)6)35-21-18-30(22-34(24)35)36(41)39-25(2)28-16-19-31(43-7)20-17-28;1-21-23(3)36(20-24-9-11-26(12-10-24)29-7-5-6-8-30(29)34(38)39)32-18-15-27(19-31(21)32)33(37)35-22(2)25-13-16-28(40-4)17-14-25/h8-22,25H,23H2,1-7H3,(H,39,41);5-19,22H,20H2,1-4H3,(H,35,37)(H,38,39)/t25-;22-/m00/s1. The molecule has 3 N–H and O–H groups in total. The Balaban J connectivity index is 0.000000202. The maximum absolute atomic E-state index is 13.2. The number of aromatic nitrogens is 2. The summed E-state index contributed by atoms with van der Waals surface area (Å²) in [7, 11) is 3.27. The third-order valence-corrected chi connectivity index (χ3v) is 15.6. The van der Waals surface area contributed by atoms with E-state index in [9.17, 15) is 24.3 Å². The van der Waals surface area contributed by atoms with Gasteiger partial charge >= 0.3 is 11.9 Å². The second-order valence-corrected chi connectivity index (χ2v) is 22.3. The lowest BCUT2D eigenvalue weighted by molar-refractivity contribution is 0.00699. The van der Waals surface area contributed by atoms with E-state index in [1.54, 1.807) is 26.4 Å². The quantitative estimate of drug-likeness (QED) is 0.0810. The molecule has 12 nitrogen and oxygen atoms in total. The van der Waals surface area contributed by atoms with Crippen molar-refractivity contribution in [3.05, 3.63) is 249 Å². The summed E-state index contributed by atoms with van der Waals surface area (Å²) in [6.45, 7) is 19.3. The van der Waals surface area contributed by atoms with E-state index in [-0.39, 0.29) is 35.4 Å². The van der Waals surface area contributed by atoms with E-state index >= 15 is 0 Å². The largest absolute Gasteiger partial charge is 0.497 e. The number of benzene rings is 8. The Kier molecular flexibility index (Phi) is 17.7. The van der Waals surface area contributed by atoms with E-state index in [0.29, 0.717) is 35.3 Å². The molecule has 0 bridgehead atoms. The Morgan fingerprint density at radius 2 is 0.881 bits per heavy atom. The van der Waals surface area contributed by atoms with Crippen molar-refractivity contribution < 1.29 is 38.5 Å². The van der Waals surface area contributed by atoms with Gasteiger partial charge in [0.1, 0.15) is 17.1 Å². The predicted octanol–water partition coefficient (Wildman–Crippen LogP) is 15.6. The number of ether oxygens (including phenoxy) is 3. The van der Waals surface area contributed by atoms with Gasteiger partial charge in [-0.15, -0.1) is 0 Å². The van der Waals surface area contributed by atoms with Crippen LogP contribution < -0.4 is 20.1 Å². The third-order valence-electron chi connectivity index (χ3n) is 15.6. The maximum Gasteiger partial charge on any atom is 0.339 e. The smallest absolute Gasteiger partial charge is 0.339 e. The van der Waals surface area contributed by atoms with Gasteiger partial charge in [-0.3, -0.25) is 9.59 Å². The number of hydrogen-bond donors (Lipinski definition) is 3. The summed E-state index contributed by atoms with van der Waals surface area (Å²) in [5.41, 5.74) is 15.9. The second-order valence-electron chi connectivity index (χ2n) is 22.3. The fourth-order valence-corrected chi connectivity index (χ4v) is 10.6. The van der Waals surface area contributed by atoms with Crippen LogP contribution in [-0.4, -0.2) is 57.8 Å². The van der Waals surface area contributed by atoms with Gasteiger partial charge in [-0.1, -0.05) is 109 Å². The van der Waals surface area contributed by atoms with E-state index in [1.165, 1.54) is 0 Å². The first-order valence-corrected chi connectivity index (χ1v) is 28.1. The molecule has 428 valence electrons. The minimum atomic E-state index is -0.937. The molecule has 2 atom stereocenters. The fourth-order valence-electron chi connectivity index (χ4n) is 10.6. The molecule has 10 aromatic rings. The van der Waals surface area contributed by atoms with Crippen LogP contribution in [-0.2, 0) is 17.8 Å². The SMILES string of the molecule is COc1ccc([C@H](C)NC(=O)c2ccc3c(c2)c(C)c(C)n3Cc2ccc(-c3ccccc3C(=O)O)cc2)cc1.COc1ccc([C@H](C)NC(=O)c2ccc3c(c2)c(C)c(C)n3Cc2ccc(-c3ccccc3C(=O)OC(C)(C)C)cc2)cc1. The van der Waals surface area contributed by atoms with Crippen LogP contribution in [0, 0.1) is 27.7 Å². The molecule has 0 aliphatic heterocycles. The number of aryl methyl sites for hydroxylation is 2. The number of nitrogens with one attached hydrogen (secondary N) is 2. The number of methoxy groups -OCH3 is 2. The molecule has 0 fully saturated rings. The average molecular weight is 1120 g/mol. The highest BCUT2D eigenvalue weighted by Crippen LogP contribution is 2.32. The Hall–Kier alpha value is -9.68. The first-order chi connectivity index (χ1) is 40.2. The van der Waals surface area contributed by atoms with Crippen molar-refractivity contribution in [3.63, 3.8) is 0 Å². The summed E-state index contributed by atoms with van der Waals surface area (Å²) >= 11 is 0. The first kappa shape index (κ1) is 59.0. The van der Waals surface area contributed by atoms with Gasteiger partial charge in [-0.2, -0.15) is 0 Å². The van der Waals surface area contributed by atoms with Crippen LogP contribution in [0.2, 0.25) is 0 Å². The van der Waals surface area contributed by atoms with Crippen LogP contribution in [0.25, 0.3) is 44.1 Å². The summed E-state index contributed by atoms with van der Waals surface area (Å²) in [4.78, 5) is 50.8. The number of nitrogens with zero attached hydrogens (tertiary/aromatic N) is 2. The number of amides is 2. The summed E-state index contributed by atoms with van der Waals surface area (Å²) in [5.74, 6) is 0.0720. The molecule has 2 aromatic heterocycles. The van der Waals surface area contributed by atoms with Crippen molar-refractivity contribution in [1.29, 1.82) is 0 Å². The monoisotopic (exact) mass is 1120 g/mol. The first-order valence-electron chi connectivity index (χ1n) is 28.1. The highest BCUT2D eigenvalue weighted by Gasteiger charge is 2.23. The third kappa shape index (κ3) is 13.1. The van der Waals surface area contributed by atoms with Crippen LogP contribution in [0.1, 0.15) is 133 Å². The Labute approximate surface area is 491 Å². The summed E-state index contributed by atoms with van der Waals surface area (Å²) in [6, 6.07) is 57.8. The highest BCUT2D eigenvalue weighted by atomic mass is 16.6. The van der Waals surface area contributed by atoms with Crippen molar-refractivity contribution in [1.82, 2.24) is 19.8 Å². The van der Waals surface area contributed by atoms with E-state index in [2.05, 4.69) is 71.7 Å². The maximum atomic E-state index is 13.2. The normalized spacial score (nSPS) is 12.0. The van der Waals surface area contributed by atoms with Crippen LogP contribution in [0.15, 0.2) is 182 Å². The van der Waals surface area contributed by atoms with Crippen LogP contribution in [0.5, 0.6) is 11.5 Å². The number of esters is 1. The van der Waals surface area contributed by atoms with Gasteiger partial charge in [0, 0.05) is 57.4 Å². The molecule has 84 heavy (non-hydrogen) atoms. The predicted molar refractivity (Wildman–Crippen MR) is 335 cm³/mol. The molecule has 0 spiro atoms. The van der Waals surface area contributed by atoms with Crippen molar-refractivity contribution in [2.45, 2.75) is 93.1 Å². The minimum absolute atomic E-state index is 0.109. The van der Waals surface area contributed by atoms with Crippen LogP contribution >= 0.6 is 0 Å². The van der Waals surface area contributed by atoms with Gasteiger partial charge in [-0.05, 0) is 191 Å². The second kappa shape index (κ2) is 25.2. The zero-order valence-corrected chi connectivity index (χ0v) is 49.6. The van der Waals surface area contributed by atoms with Gasteiger partial charge in [0.25, 0.3) is 11.8 Å².